The van der Waals surface area contributed by atoms with Crippen LogP contribution in [0, 0.1) is 5.41 Å². The van der Waals surface area contributed by atoms with Crippen LogP contribution in [0.4, 0.5) is 0 Å². The number of aliphatic carboxylic acids is 1. The summed E-state index contributed by atoms with van der Waals surface area (Å²) in [6.07, 6.45) is 0.462. The Bertz CT molecular complexity index is 320. The topological polar surface area (TPSA) is 104 Å². The SMILES string of the molecule is CCC(CC)(CN)C(=O)N1CC(O)C[C@H]1C(=O)O. The predicted molar refractivity (Wildman–Crippen MR) is 65.8 cm³/mol. The summed E-state index contributed by atoms with van der Waals surface area (Å²) in [4.78, 5) is 24.9. The number of hydrogen-bond acceptors (Lipinski definition) is 4. The predicted octanol–water partition coefficient (Wildman–Crippen LogP) is -0.202. The zero-order valence-corrected chi connectivity index (χ0v) is 10.9. The number of carboxylic acid groups (broad SMARTS) is 1. The van der Waals surface area contributed by atoms with Gasteiger partial charge in [-0.1, -0.05) is 13.8 Å². The van der Waals surface area contributed by atoms with Crippen molar-refractivity contribution >= 4 is 11.9 Å². The minimum absolute atomic E-state index is 0.0809. The first kappa shape index (κ1) is 14.9. The lowest BCUT2D eigenvalue weighted by Crippen LogP contribution is -2.51. The summed E-state index contributed by atoms with van der Waals surface area (Å²) in [5.74, 6) is -1.32. The Morgan fingerprint density at radius 1 is 1.39 bits per heavy atom. The van der Waals surface area contributed by atoms with E-state index in [0.717, 1.165) is 0 Å². The quantitative estimate of drug-likeness (QED) is 0.633. The first-order valence-corrected chi connectivity index (χ1v) is 6.33. The zero-order valence-electron chi connectivity index (χ0n) is 10.9. The average Bonchev–Trinajstić information content (AvgIpc) is 2.74. The minimum atomic E-state index is -1.07. The highest BCUT2D eigenvalue weighted by Gasteiger charge is 2.45. The number of rotatable bonds is 5. The van der Waals surface area contributed by atoms with Gasteiger partial charge in [-0.15, -0.1) is 0 Å². The van der Waals surface area contributed by atoms with Gasteiger partial charge in [0.2, 0.25) is 5.91 Å². The van der Waals surface area contributed by atoms with Crippen molar-refractivity contribution in [3.63, 3.8) is 0 Å². The number of aliphatic hydroxyl groups excluding tert-OH is 1. The van der Waals surface area contributed by atoms with E-state index in [1.807, 2.05) is 13.8 Å². The van der Waals surface area contributed by atoms with E-state index >= 15 is 0 Å². The van der Waals surface area contributed by atoms with E-state index in [4.69, 9.17) is 10.8 Å². The van der Waals surface area contributed by atoms with E-state index in [-0.39, 0.29) is 25.4 Å². The number of likely N-dealkylation sites (tertiary alicyclic amines) is 1. The lowest BCUT2D eigenvalue weighted by molar-refractivity contribution is -0.153. The van der Waals surface area contributed by atoms with Crippen molar-refractivity contribution in [2.75, 3.05) is 13.1 Å². The molecule has 1 aliphatic rings. The van der Waals surface area contributed by atoms with E-state index < -0.39 is 23.5 Å². The second-order valence-corrected chi connectivity index (χ2v) is 4.89. The van der Waals surface area contributed by atoms with Gasteiger partial charge in [-0.25, -0.2) is 4.79 Å². The van der Waals surface area contributed by atoms with Gasteiger partial charge >= 0.3 is 5.97 Å². The molecule has 1 aliphatic heterocycles. The number of carbonyl (C=O) groups is 2. The van der Waals surface area contributed by atoms with Crippen molar-refractivity contribution in [2.45, 2.75) is 45.3 Å². The molecule has 0 aliphatic carbocycles. The van der Waals surface area contributed by atoms with Gasteiger partial charge in [0.15, 0.2) is 0 Å². The number of β-amino-alcohol motifs (C(OH)–C–C–N with tert-alkyl or cyclic N) is 1. The number of nitrogens with zero attached hydrogens (tertiary/aromatic N) is 1. The molecule has 4 N–H and O–H groups in total. The van der Waals surface area contributed by atoms with Gasteiger partial charge in [-0.3, -0.25) is 4.79 Å². The molecule has 0 aromatic carbocycles. The Morgan fingerprint density at radius 3 is 2.33 bits per heavy atom. The summed E-state index contributed by atoms with van der Waals surface area (Å²) >= 11 is 0. The monoisotopic (exact) mass is 258 g/mol. The largest absolute Gasteiger partial charge is 0.480 e. The van der Waals surface area contributed by atoms with Crippen molar-refractivity contribution < 1.29 is 19.8 Å². The van der Waals surface area contributed by atoms with Crippen LogP contribution in [-0.2, 0) is 9.59 Å². The molecule has 6 heteroatoms. The molecule has 1 unspecified atom stereocenters. The normalized spacial score (nSPS) is 24.3. The minimum Gasteiger partial charge on any atom is -0.480 e. The number of hydrogen-bond donors (Lipinski definition) is 3. The number of carbonyl (C=O) groups excluding carboxylic acids is 1. The Kier molecular flexibility index (Phi) is 4.70. The fourth-order valence-corrected chi connectivity index (χ4v) is 2.51. The average molecular weight is 258 g/mol. The molecule has 18 heavy (non-hydrogen) atoms. The van der Waals surface area contributed by atoms with Crippen LogP contribution in [0.1, 0.15) is 33.1 Å². The summed E-state index contributed by atoms with van der Waals surface area (Å²) in [5.41, 5.74) is 4.99. The Balaban J connectivity index is 2.97. The highest BCUT2D eigenvalue weighted by Crippen LogP contribution is 2.31. The summed E-state index contributed by atoms with van der Waals surface area (Å²) in [6.45, 7) is 4.02. The number of carboxylic acids is 1. The molecule has 0 aromatic heterocycles. The van der Waals surface area contributed by atoms with Crippen LogP contribution in [0.5, 0.6) is 0 Å². The molecule has 0 saturated carbocycles. The Morgan fingerprint density at radius 2 is 1.94 bits per heavy atom. The van der Waals surface area contributed by atoms with Gasteiger partial charge in [0, 0.05) is 19.5 Å². The number of nitrogens with two attached hydrogens (primary N) is 1. The molecule has 2 atom stereocenters. The van der Waals surface area contributed by atoms with Gasteiger partial charge in [-0.2, -0.15) is 0 Å². The smallest absolute Gasteiger partial charge is 0.326 e. The molecule has 1 rings (SSSR count). The summed E-state index contributed by atoms with van der Waals surface area (Å²) in [7, 11) is 0. The first-order chi connectivity index (χ1) is 8.41. The molecule has 0 spiro atoms. The molecule has 1 heterocycles. The molecule has 6 nitrogen and oxygen atoms in total. The van der Waals surface area contributed by atoms with Crippen LogP contribution in [0.25, 0.3) is 0 Å². The molecular weight excluding hydrogens is 236 g/mol. The van der Waals surface area contributed by atoms with E-state index in [9.17, 15) is 14.7 Å². The summed E-state index contributed by atoms with van der Waals surface area (Å²) in [6, 6.07) is -0.934. The van der Waals surface area contributed by atoms with Gasteiger partial charge in [0.1, 0.15) is 6.04 Å². The molecule has 0 aromatic rings. The van der Waals surface area contributed by atoms with E-state index in [2.05, 4.69) is 0 Å². The van der Waals surface area contributed by atoms with Crippen molar-refractivity contribution in [1.82, 2.24) is 4.90 Å². The third-order valence-electron chi connectivity index (χ3n) is 4.02. The maximum Gasteiger partial charge on any atom is 0.326 e. The maximum atomic E-state index is 12.5. The third-order valence-corrected chi connectivity index (χ3v) is 4.02. The van der Waals surface area contributed by atoms with Crippen molar-refractivity contribution in [3.05, 3.63) is 0 Å². The number of amides is 1. The second-order valence-electron chi connectivity index (χ2n) is 4.89. The van der Waals surface area contributed by atoms with Gasteiger partial charge in [0.05, 0.1) is 11.5 Å². The van der Waals surface area contributed by atoms with E-state index in [0.29, 0.717) is 12.8 Å². The van der Waals surface area contributed by atoms with E-state index in [1.165, 1.54) is 4.90 Å². The van der Waals surface area contributed by atoms with Crippen LogP contribution >= 0.6 is 0 Å². The molecular formula is C12H22N2O4. The molecule has 1 amide bonds. The standard InChI is InChI=1S/C12H22N2O4/c1-3-12(4-2,7-13)11(18)14-6-8(15)5-9(14)10(16)17/h8-9,15H,3-7,13H2,1-2H3,(H,16,17)/t8?,9-/m0/s1. The fraction of sp³-hybridized carbons (Fsp3) is 0.833. The first-order valence-electron chi connectivity index (χ1n) is 6.33. The lowest BCUT2D eigenvalue weighted by atomic mass is 9.80. The summed E-state index contributed by atoms with van der Waals surface area (Å²) < 4.78 is 0. The maximum absolute atomic E-state index is 12.5. The molecule has 0 radical (unpaired) electrons. The van der Waals surface area contributed by atoms with Crippen LogP contribution in [0.3, 0.4) is 0 Å². The zero-order chi connectivity index (χ0) is 13.9. The Labute approximate surface area is 107 Å². The van der Waals surface area contributed by atoms with Crippen LogP contribution < -0.4 is 5.73 Å². The second kappa shape index (κ2) is 5.67. The molecule has 1 saturated heterocycles. The van der Waals surface area contributed by atoms with Crippen LogP contribution in [0.2, 0.25) is 0 Å². The van der Waals surface area contributed by atoms with Crippen LogP contribution in [-0.4, -0.2) is 52.2 Å². The Hall–Kier alpha value is -1.14. The van der Waals surface area contributed by atoms with Crippen molar-refractivity contribution in [1.29, 1.82) is 0 Å². The van der Waals surface area contributed by atoms with Gasteiger partial charge in [-0.05, 0) is 12.8 Å². The molecule has 0 bridgehead atoms. The molecule has 104 valence electrons. The van der Waals surface area contributed by atoms with Crippen molar-refractivity contribution in [3.8, 4) is 0 Å². The lowest BCUT2D eigenvalue weighted by Gasteiger charge is -2.34. The highest BCUT2D eigenvalue weighted by atomic mass is 16.4. The molecule has 1 fully saturated rings. The van der Waals surface area contributed by atoms with E-state index in [1.54, 1.807) is 0 Å². The fourth-order valence-electron chi connectivity index (χ4n) is 2.51. The van der Waals surface area contributed by atoms with Gasteiger partial charge < -0.3 is 20.8 Å². The van der Waals surface area contributed by atoms with Crippen molar-refractivity contribution in [2.24, 2.45) is 11.1 Å². The third kappa shape index (κ3) is 2.49. The number of aliphatic hydroxyl groups is 1. The highest BCUT2D eigenvalue weighted by molar-refractivity contribution is 5.88. The van der Waals surface area contributed by atoms with Crippen LogP contribution in [0.15, 0.2) is 0 Å². The summed E-state index contributed by atoms with van der Waals surface area (Å²) in [5, 5.41) is 18.7. The van der Waals surface area contributed by atoms with Gasteiger partial charge in [0.25, 0.3) is 0 Å².